The standard InChI is InChI=1S/C12H9F3INO2S/c1-2-19-11(18)5-7-4-10(20-12(13,14)15)9(16)3-8(7)6-17/h3-4H,2,5H2,1H3. The van der Waals surface area contributed by atoms with Crippen molar-refractivity contribution in [1.29, 1.82) is 5.26 Å². The molecule has 0 spiro atoms. The normalized spacial score (nSPS) is 11.0. The van der Waals surface area contributed by atoms with Gasteiger partial charge in [0.25, 0.3) is 0 Å². The van der Waals surface area contributed by atoms with E-state index in [1.54, 1.807) is 29.5 Å². The van der Waals surface area contributed by atoms with E-state index >= 15 is 0 Å². The Bertz CT molecular complexity index is 555. The topological polar surface area (TPSA) is 50.1 Å². The van der Waals surface area contributed by atoms with Gasteiger partial charge in [-0.05, 0) is 59.0 Å². The maximum Gasteiger partial charge on any atom is 0.446 e. The van der Waals surface area contributed by atoms with Crippen LogP contribution < -0.4 is 0 Å². The molecular formula is C12H9F3INO2S. The van der Waals surface area contributed by atoms with Crippen LogP contribution >= 0.6 is 34.4 Å². The van der Waals surface area contributed by atoms with Gasteiger partial charge in [-0.1, -0.05) is 0 Å². The highest BCUT2D eigenvalue weighted by molar-refractivity contribution is 14.1. The predicted octanol–water partition coefficient (Wildman–Crippen LogP) is 3.88. The van der Waals surface area contributed by atoms with E-state index in [9.17, 15) is 18.0 Å². The van der Waals surface area contributed by atoms with Crippen LogP contribution in [0.5, 0.6) is 0 Å². The zero-order valence-corrected chi connectivity index (χ0v) is 13.2. The molecule has 0 fully saturated rings. The molecule has 0 aromatic heterocycles. The van der Waals surface area contributed by atoms with E-state index in [2.05, 4.69) is 0 Å². The van der Waals surface area contributed by atoms with Crippen LogP contribution in [0.4, 0.5) is 13.2 Å². The number of carbonyl (C=O) groups excluding carboxylic acids is 1. The number of alkyl halides is 3. The maximum absolute atomic E-state index is 12.4. The average Bonchev–Trinajstić information content (AvgIpc) is 2.31. The lowest BCUT2D eigenvalue weighted by Gasteiger charge is -2.11. The fourth-order valence-electron chi connectivity index (χ4n) is 1.42. The number of esters is 1. The van der Waals surface area contributed by atoms with Crippen molar-refractivity contribution in [2.45, 2.75) is 23.7 Å². The fourth-order valence-corrected chi connectivity index (χ4v) is 2.82. The number of nitriles is 1. The van der Waals surface area contributed by atoms with Gasteiger partial charge in [0.2, 0.25) is 0 Å². The van der Waals surface area contributed by atoms with Crippen LogP contribution in [0.15, 0.2) is 17.0 Å². The Morgan fingerprint density at radius 1 is 1.50 bits per heavy atom. The van der Waals surface area contributed by atoms with Crippen LogP contribution in [0.2, 0.25) is 0 Å². The Labute approximate surface area is 131 Å². The molecule has 1 rings (SSSR count). The largest absolute Gasteiger partial charge is 0.466 e. The van der Waals surface area contributed by atoms with Gasteiger partial charge in [0, 0.05) is 8.47 Å². The molecule has 0 aliphatic carbocycles. The van der Waals surface area contributed by atoms with E-state index < -0.39 is 11.5 Å². The van der Waals surface area contributed by atoms with Gasteiger partial charge in [0.15, 0.2) is 0 Å². The second-order valence-electron chi connectivity index (χ2n) is 3.58. The van der Waals surface area contributed by atoms with Crippen molar-refractivity contribution in [3.63, 3.8) is 0 Å². The minimum absolute atomic E-state index is 0.0311. The molecule has 0 unspecified atom stereocenters. The van der Waals surface area contributed by atoms with Crippen molar-refractivity contribution >= 4 is 40.3 Å². The average molecular weight is 415 g/mol. The molecule has 3 nitrogen and oxygen atoms in total. The number of ether oxygens (including phenoxy) is 1. The van der Waals surface area contributed by atoms with Gasteiger partial charge in [-0.25, -0.2) is 0 Å². The summed E-state index contributed by atoms with van der Waals surface area (Å²) in [4.78, 5) is 11.4. The van der Waals surface area contributed by atoms with E-state index in [0.29, 0.717) is 3.57 Å². The number of rotatable bonds is 4. The third kappa shape index (κ3) is 5.20. The Morgan fingerprint density at radius 3 is 2.65 bits per heavy atom. The Kier molecular flexibility index (Phi) is 6.13. The van der Waals surface area contributed by atoms with Gasteiger partial charge in [-0.3, -0.25) is 4.79 Å². The first-order valence-corrected chi connectivity index (χ1v) is 7.30. The van der Waals surface area contributed by atoms with Crippen LogP contribution in [0, 0.1) is 14.9 Å². The molecule has 0 saturated heterocycles. The number of hydrogen-bond acceptors (Lipinski definition) is 4. The lowest BCUT2D eigenvalue weighted by atomic mass is 10.1. The van der Waals surface area contributed by atoms with Gasteiger partial charge in [0.05, 0.1) is 24.7 Å². The Balaban J connectivity index is 3.12. The molecule has 0 bridgehead atoms. The number of carbonyl (C=O) groups is 1. The first kappa shape index (κ1) is 17.1. The number of halogens is 4. The highest BCUT2D eigenvalue weighted by Crippen LogP contribution is 2.40. The van der Waals surface area contributed by atoms with Crippen LogP contribution in [-0.2, 0) is 16.0 Å². The monoisotopic (exact) mass is 415 g/mol. The first-order valence-electron chi connectivity index (χ1n) is 5.40. The lowest BCUT2D eigenvalue weighted by Crippen LogP contribution is -2.09. The minimum Gasteiger partial charge on any atom is -0.466 e. The van der Waals surface area contributed by atoms with Crippen LogP contribution in [0.1, 0.15) is 18.1 Å². The van der Waals surface area contributed by atoms with Gasteiger partial charge < -0.3 is 4.74 Å². The summed E-state index contributed by atoms with van der Waals surface area (Å²) in [7, 11) is 0. The van der Waals surface area contributed by atoms with Gasteiger partial charge >= 0.3 is 11.5 Å². The van der Waals surface area contributed by atoms with E-state index in [4.69, 9.17) is 10.00 Å². The molecule has 0 radical (unpaired) electrons. The maximum atomic E-state index is 12.4. The summed E-state index contributed by atoms with van der Waals surface area (Å²) < 4.78 is 42.3. The molecule has 20 heavy (non-hydrogen) atoms. The predicted molar refractivity (Wildman–Crippen MR) is 76.1 cm³/mol. The quantitative estimate of drug-likeness (QED) is 0.426. The summed E-state index contributed by atoms with van der Waals surface area (Å²) in [6.45, 7) is 1.80. The van der Waals surface area contributed by atoms with Crippen molar-refractivity contribution in [2.75, 3.05) is 6.61 Å². The first-order chi connectivity index (χ1) is 9.26. The molecule has 1 aromatic rings. The summed E-state index contributed by atoms with van der Waals surface area (Å²) >= 11 is 1.46. The SMILES string of the molecule is CCOC(=O)Cc1cc(SC(F)(F)F)c(I)cc1C#N. The van der Waals surface area contributed by atoms with E-state index in [1.165, 1.54) is 12.1 Å². The number of nitrogens with zero attached hydrogens (tertiary/aromatic N) is 1. The van der Waals surface area contributed by atoms with Crippen molar-refractivity contribution in [3.05, 3.63) is 26.8 Å². The van der Waals surface area contributed by atoms with Crippen LogP contribution in [-0.4, -0.2) is 18.1 Å². The zero-order valence-electron chi connectivity index (χ0n) is 10.3. The lowest BCUT2D eigenvalue weighted by molar-refractivity contribution is -0.142. The summed E-state index contributed by atoms with van der Waals surface area (Å²) in [6, 6.07) is 4.43. The molecule has 0 saturated carbocycles. The summed E-state index contributed by atoms with van der Waals surface area (Å²) in [6.07, 6.45) is -0.223. The highest BCUT2D eigenvalue weighted by atomic mass is 127. The molecule has 0 N–H and O–H groups in total. The third-order valence-electron chi connectivity index (χ3n) is 2.14. The molecular weight excluding hydrogens is 406 g/mol. The third-order valence-corrected chi connectivity index (χ3v) is 4.19. The molecule has 0 aliphatic rings. The molecule has 108 valence electrons. The molecule has 1 aromatic carbocycles. The van der Waals surface area contributed by atoms with Gasteiger partial charge in [-0.15, -0.1) is 0 Å². The molecule has 0 heterocycles. The van der Waals surface area contributed by atoms with Gasteiger partial charge in [0.1, 0.15) is 0 Å². The minimum atomic E-state index is -4.42. The fraction of sp³-hybridized carbons (Fsp3) is 0.333. The van der Waals surface area contributed by atoms with E-state index in [1.807, 2.05) is 6.07 Å². The van der Waals surface area contributed by atoms with Gasteiger partial charge in [-0.2, -0.15) is 18.4 Å². The smallest absolute Gasteiger partial charge is 0.446 e. The number of hydrogen-bond donors (Lipinski definition) is 0. The molecule has 0 atom stereocenters. The van der Waals surface area contributed by atoms with Crippen LogP contribution in [0.3, 0.4) is 0 Å². The molecule has 0 amide bonds. The summed E-state index contributed by atoms with van der Waals surface area (Å²) in [5, 5.41) is 8.97. The number of benzene rings is 1. The number of thioether (sulfide) groups is 1. The van der Waals surface area contributed by atoms with E-state index in [-0.39, 0.29) is 40.8 Å². The highest BCUT2D eigenvalue weighted by Gasteiger charge is 2.30. The second kappa shape index (κ2) is 7.17. The van der Waals surface area contributed by atoms with Crippen molar-refractivity contribution in [3.8, 4) is 6.07 Å². The molecule has 8 heteroatoms. The Hall–Kier alpha value is -0.950. The molecule has 0 aliphatic heterocycles. The van der Waals surface area contributed by atoms with Crippen molar-refractivity contribution in [2.24, 2.45) is 0 Å². The Morgan fingerprint density at radius 2 is 2.15 bits per heavy atom. The summed E-state index contributed by atoms with van der Waals surface area (Å²) in [5.74, 6) is -0.576. The zero-order chi connectivity index (χ0) is 15.3. The van der Waals surface area contributed by atoms with Crippen LogP contribution in [0.25, 0.3) is 0 Å². The van der Waals surface area contributed by atoms with Crippen molar-refractivity contribution in [1.82, 2.24) is 0 Å². The second-order valence-corrected chi connectivity index (χ2v) is 5.85. The summed E-state index contributed by atoms with van der Waals surface area (Å²) in [5.41, 5.74) is -4.01. The van der Waals surface area contributed by atoms with E-state index in [0.717, 1.165) is 0 Å². The van der Waals surface area contributed by atoms with Crippen molar-refractivity contribution < 1.29 is 22.7 Å².